The Hall–Kier alpha value is -0.0300. The van der Waals surface area contributed by atoms with Gasteiger partial charge < -0.3 is 0 Å². The molecule has 11 nitrogen and oxygen atoms in total. The van der Waals surface area contributed by atoms with Crippen LogP contribution >= 0.6 is 15.0 Å². The Balaban J connectivity index is 1.54. The van der Waals surface area contributed by atoms with Gasteiger partial charge in [-0.15, -0.1) is 0 Å². The number of carbonyl (C=O) groups excluding carboxylic acids is 1. The summed E-state index contributed by atoms with van der Waals surface area (Å²) in [5.74, 6) is -0.296. The summed E-state index contributed by atoms with van der Waals surface area (Å²) in [5.41, 5.74) is 0. The second-order valence-electron chi connectivity index (χ2n) is 6.83. The Labute approximate surface area is 164 Å². The monoisotopic (exact) mass is 445 g/mol. The Morgan fingerprint density at radius 2 is 1.11 bits per heavy atom. The Bertz CT molecular complexity index is 496. The van der Waals surface area contributed by atoms with Crippen LogP contribution in [0.25, 0.3) is 0 Å². The van der Waals surface area contributed by atoms with E-state index in [0.29, 0.717) is 66.0 Å². The zero-order valence-electron chi connectivity index (χ0n) is 16.1. The summed E-state index contributed by atoms with van der Waals surface area (Å²) in [5, 5.41) is 0. The SMILES string of the molecule is CCOC(=O)CCN(CP12(OCCO1)OCCO2)CP12(OCCO1)OCCO2. The van der Waals surface area contributed by atoms with Crippen LogP contribution in [0.3, 0.4) is 0 Å². The molecule has 0 aliphatic carbocycles. The van der Waals surface area contributed by atoms with Crippen molar-refractivity contribution >= 4 is 21.0 Å². The van der Waals surface area contributed by atoms with E-state index in [1.54, 1.807) is 6.92 Å². The molecule has 0 saturated carbocycles. The van der Waals surface area contributed by atoms with Crippen molar-refractivity contribution in [3.8, 4) is 0 Å². The minimum absolute atomic E-state index is 0.173. The number of ether oxygens (including phenoxy) is 1. The van der Waals surface area contributed by atoms with E-state index in [1.807, 2.05) is 4.90 Å². The standard InChI is InChI=1S/C15H29NO10P2/c1-2-18-15(17)3-4-16(13-27(19-5-6-20-27)21-7-8-22-27)14-28(23-9-10-24-28)25-11-12-26-28/h2-14H2,1H3. The van der Waals surface area contributed by atoms with Crippen LogP contribution in [0.2, 0.25) is 0 Å². The Kier molecular flexibility index (Phi) is 5.99. The normalized spacial score (nSPS) is 32.2. The number of esters is 1. The van der Waals surface area contributed by atoms with Gasteiger partial charge >= 0.3 is 164 Å². The number of hydrogen-bond acceptors (Lipinski definition) is 11. The number of hydrogen-bond donors (Lipinski definition) is 0. The molecular formula is C15H29NO10P2. The van der Waals surface area contributed by atoms with E-state index >= 15 is 0 Å². The average Bonchev–Trinajstić information content (AvgIpc) is 3.46. The molecule has 13 heteroatoms. The maximum absolute atomic E-state index is 12.0. The van der Waals surface area contributed by atoms with Gasteiger partial charge in [0.25, 0.3) is 0 Å². The zero-order chi connectivity index (χ0) is 19.6. The topological polar surface area (TPSA) is 103 Å². The first-order valence-corrected chi connectivity index (χ1v) is 13.8. The van der Waals surface area contributed by atoms with E-state index < -0.39 is 15.0 Å². The first-order valence-electron chi connectivity index (χ1n) is 9.61. The van der Waals surface area contributed by atoms with Crippen LogP contribution in [0.4, 0.5) is 0 Å². The summed E-state index contributed by atoms with van der Waals surface area (Å²) in [6, 6.07) is 0. The molecule has 4 rings (SSSR count). The fourth-order valence-corrected chi connectivity index (χ4v) is 10.7. The van der Waals surface area contributed by atoms with Gasteiger partial charge in [0.1, 0.15) is 0 Å². The van der Waals surface area contributed by atoms with Crippen LogP contribution in [-0.2, 0) is 45.7 Å². The summed E-state index contributed by atoms with van der Waals surface area (Å²) in [6.45, 7) is 5.61. The van der Waals surface area contributed by atoms with E-state index in [-0.39, 0.29) is 25.0 Å². The molecule has 0 radical (unpaired) electrons. The molecule has 0 atom stereocenters. The van der Waals surface area contributed by atoms with E-state index in [4.69, 9.17) is 40.9 Å². The quantitative estimate of drug-likeness (QED) is 0.403. The fourth-order valence-electron chi connectivity index (χ4n) is 3.80. The van der Waals surface area contributed by atoms with E-state index in [1.165, 1.54) is 0 Å². The molecule has 4 saturated heterocycles. The van der Waals surface area contributed by atoms with Crippen molar-refractivity contribution in [1.29, 1.82) is 0 Å². The molecule has 0 aromatic heterocycles. The van der Waals surface area contributed by atoms with Gasteiger partial charge in [0.2, 0.25) is 0 Å². The maximum atomic E-state index is 12.0. The molecule has 0 unspecified atom stereocenters. The predicted molar refractivity (Wildman–Crippen MR) is 99.1 cm³/mol. The summed E-state index contributed by atoms with van der Waals surface area (Å²) < 4.78 is 52.6. The van der Waals surface area contributed by atoms with Gasteiger partial charge in [0, 0.05) is 0 Å². The minimum atomic E-state index is -3.73. The molecular weight excluding hydrogens is 416 g/mol. The second kappa shape index (κ2) is 7.90. The summed E-state index contributed by atoms with van der Waals surface area (Å²) in [6.07, 6.45) is 0.595. The van der Waals surface area contributed by atoms with Gasteiger partial charge in [-0.1, -0.05) is 0 Å². The van der Waals surface area contributed by atoms with E-state index in [2.05, 4.69) is 0 Å². The molecule has 0 aromatic rings. The van der Waals surface area contributed by atoms with Gasteiger partial charge in [0.05, 0.1) is 0 Å². The molecule has 0 bridgehead atoms. The second-order valence-corrected chi connectivity index (χ2v) is 13.3. The van der Waals surface area contributed by atoms with Crippen molar-refractivity contribution in [2.24, 2.45) is 0 Å². The molecule has 4 heterocycles. The fraction of sp³-hybridized carbons (Fsp3) is 0.933. The van der Waals surface area contributed by atoms with Crippen LogP contribution in [0.1, 0.15) is 13.3 Å². The van der Waals surface area contributed by atoms with Gasteiger partial charge in [-0.2, -0.15) is 0 Å². The van der Waals surface area contributed by atoms with E-state index in [0.717, 1.165) is 0 Å². The number of nitrogens with zero attached hydrogens (tertiary/aromatic N) is 1. The van der Waals surface area contributed by atoms with Crippen LogP contribution < -0.4 is 0 Å². The summed E-state index contributed by atoms with van der Waals surface area (Å²) in [4.78, 5) is 13.9. The van der Waals surface area contributed by atoms with Crippen molar-refractivity contribution in [1.82, 2.24) is 4.90 Å². The Morgan fingerprint density at radius 1 is 0.750 bits per heavy atom. The van der Waals surface area contributed by atoms with Crippen molar-refractivity contribution in [3.05, 3.63) is 0 Å². The van der Waals surface area contributed by atoms with Gasteiger partial charge in [-0.25, -0.2) is 0 Å². The van der Waals surface area contributed by atoms with E-state index in [9.17, 15) is 4.79 Å². The van der Waals surface area contributed by atoms with Crippen LogP contribution in [0.15, 0.2) is 0 Å². The zero-order valence-corrected chi connectivity index (χ0v) is 17.9. The van der Waals surface area contributed by atoms with Crippen molar-refractivity contribution in [2.45, 2.75) is 13.3 Å². The Morgan fingerprint density at radius 3 is 1.43 bits per heavy atom. The molecule has 4 fully saturated rings. The van der Waals surface area contributed by atoms with Crippen molar-refractivity contribution < 1.29 is 45.7 Å². The third-order valence-corrected chi connectivity index (χ3v) is 12.0. The molecule has 4 aliphatic heterocycles. The van der Waals surface area contributed by atoms with Crippen molar-refractivity contribution in [3.63, 3.8) is 0 Å². The molecule has 4 aliphatic rings. The van der Waals surface area contributed by atoms with Gasteiger partial charge in [0.15, 0.2) is 0 Å². The average molecular weight is 445 g/mol. The third kappa shape index (κ3) is 3.96. The third-order valence-electron chi connectivity index (χ3n) is 4.86. The molecule has 0 N–H and O–H groups in total. The number of carbonyl (C=O) groups is 1. The molecule has 2 spiro atoms. The number of rotatable bonds is 8. The first-order chi connectivity index (χ1) is 13.5. The van der Waals surface area contributed by atoms with Crippen LogP contribution in [0.5, 0.6) is 0 Å². The molecule has 0 amide bonds. The van der Waals surface area contributed by atoms with Gasteiger partial charge in [-0.05, 0) is 0 Å². The van der Waals surface area contributed by atoms with Crippen molar-refractivity contribution in [2.75, 3.05) is 78.6 Å². The van der Waals surface area contributed by atoms with Crippen LogP contribution in [-0.4, -0.2) is 89.4 Å². The van der Waals surface area contributed by atoms with Crippen LogP contribution in [0, 0.1) is 0 Å². The predicted octanol–water partition coefficient (Wildman–Crippen LogP) is 1.77. The molecule has 164 valence electrons. The molecule has 28 heavy (non-hydrogen) atoms. The summed E-state index contributed by atoms with van der Waals surface area (Å²) in [7, 11) is -7.46. The molecule has 0 aromatic carbocycles. The first kappa shape index (κ1) is 21.2. The van der Waals surface area contributed by atoms with Gasteiger partial charge in [-0.3, -0.25) is 0 Å². The summed E-state index contributed by atoms with van der Waals surface area (Å²) >= 11 is 0.